The number of nitrogens with zero attached hydrogens (tertiary/aromatic N) is 1. The van der Waals surface area contributed by atoms with Crippen LogP contribution < -0.4 is 11.1 Å². The molecule has 3 N–H and O–H groups in total. The fourth-order valence-corrected chi connectivity index (χ4v) is 1.12. The Labute approximate surface area is 85.7 Å². The normalized spacial score (nSPS) is 11.4. The van der Waals surface area contributed by atoms with Crippen LogP contribution >= 0.6 is 0 Å². The van der Waals surface area contributed by atoms with Gasteiger partial charge in [-0.15, -0.1) is 0 Å². The van der Waals surface area contributed by atoms with E-state index in [1.807, 2.05) is 12.1 Å². The molecule has 0 radical (unpaired) electrons. The number of pyridine rings is 1. The van der Waals surface area contributed by atoms with Crippen LogP contribution in [-0.4, -0.2) is 11.5 Å². The molecule has 0 spiro atoms. The van der Waals surface area contributed by atoms with Gasteiger partial charge in [-0.25, -0.2) is 4.98 Å². The van der Waals surface area contributed by atoms with Gasteiger partial charge in [0, 0.05) is 6.54 Å². The first-order valence-electron chi connectivity index (χ1n) is 4.94. The van der Waals surface area contributed by atoms with Gasteiger partial charge >= 0.3 is 0 Å². The highest BCUT2D eigenvalue weighted by atomic mass is 15.0. The Balaban J connectivity index is 2.39. The first-order valence-corrected chi connectivity index (χ1v) is 4.94. The molecule has 0 aromatic carbocycles. The summed E-state index contributed by atoms with van der Waals surface area (Å²) in [4.78, 5) is 4.16. The van der Waals surface area contributed by atoms with Gasteiger partial charge in [0.15, 0.2) is 0 Å². The van der Waals surface area contributed by atoms with Crippen molar-refractivity contribution < 1.29 is 0 Å². The van der Waals surface area contributed by atoms with E-state index in [9.17, 15) is 0 Å². The van der Waals surface area contributed by atoms with Gasteiger partial charge in [0.2, 0.25) is 0 Å². The number of nitrogen functional groups attached to an aromatic ring is 1. The van der Waals surface area contributed by atoms with Crippen LogP contribution in [0.1, 0.15) is 27.2 Å². The molecule has 0 atom stereocenters. The van der Waals surface area contributed by atoms with Crippen molar-refractivity contribution in [1.82, 2.24) is 4.98 Å². The second-order valence-electron chi connectivity index (χ2n) is 4.69. The summed E-state index contributed by atoms with van der Waals surface area (Å²) in [6.45, 7) is 7.60. The standard InChI is InChI=1S/C11H19N3/c1-11(2,3)7-8-13-10-6-4-5-9(12)14-10/h4-6H,7-8H2,1-3H3,(H3,12,13,14). The largest absolute Gasteiger partial charge is 0.384 e. The number of rotatable bonds is 3. The maximum Gasteiger partial charge on any atom is 0.128 e. The molecule has 0 fully saturated rings. The molecule has 0 aliphatic carbocycles. The topological polar surface area (TPSA) is 50.9 Å². The van der Waals surface area contributed by atoms with E-state index in [1.165, 1.54) is 0 Å². The molecule has 0 aliphatic rings. The summed E-state index contributed by atoms with van der Waals surface area (Å²) in [7, 11) is 0. The minimum absolute atomic E-state index is 0.354. The molecule has 3 heteroatoms. The molecule has 0 unspecified atom stereocenters. The Kier molecular flexibility index (Phi) is 3.33. The van der Waals surface area contributed by atoms with Crippen LogP contribution in [0.3, 0.4) is 0 Å². The highest BCUT2D eigenvalue weighted by molar-refractivity contribution is 5.41. The van der Waals surface area contributed by atoms with Crippen LogP contribution in [0.4, 0.5) is 11.6 Å². The molecule has 0 aliphatic heterocycles. The lowest BCUT2D eigenvalue weighted by molar-refractivity contribution is 0.389. The Morgan fingerprint density at radius 3 is 2.64 bits per heavy atom. The molecule has 0 bridgehead atoms. The lowest BCUT2D eigenvalue weighted by Crippen LogP contribution is -2.13. The maximum absolute atomic E-state index is 5.57. The minimum atomic E-state index is 0.354. The van der Waals surface area contributed by atoms with Crippen molar-refractivity contribution in [3.05, 3.63) is 18.2 Å². The van der Waals surface area contributed by atoms with Gasteiger partial charge in [-0.05, 0) is 24.0 Å². The van der Waals surface area contributed by atoms with Crippen molar-refractivity contribution in [1.29, 1.82) is 0 Å². The molecule has 1 rings (SSSR count). The third kappa shape index (κ3) is 4.12. The number of hydrogen-bond donors (Lipinski definition) is 2. The molecular weight excluding hydrogens is 174 g/mol. The van der Waals surface area contributed by atoms with Crippen LogP contribution in [0.25, 0.3) is 0 Å². The SMILES string of the molecule is CC(C)(C)CCNc1cccc(N)n1. The third-order valence-electron chi connectivity index (χ3n) is 1.95. The monoisotopic (exact) mass is 193 g/mol. The summed E-state index contributed by atoms with van der Waals surface area (Å²) < 4.78 is 0. The molecule has 0 saturated carbocycles. The number of nitrogens with two attached hydrogens (primary N) is 1. The zero-order valence-electron chi connectivity index (χ0n) is 9.17. The highest BCUT2D eigenvalue weighted by Gasteiger charge is 2.08. The fourth-order valence-electron chi connectivity index (χ4n) is 1.12. The molecule has 14 heavy (non-hydrogen) atoms. The second-order valence-corrected chi connectivity index (χ2v) is 4.69. The molecule has 0 amide bonds. The molecule has 1 aromatic rings. The average Bonchev–Trinajstić information content (AvgIpc) is 2.01. The van der Waals surface area contributed by atoms with Crippen LogP contribution in [0.5, 0.6) is 0 Å². The summed E-state index contributed by atoms with van der Waals surface area (Å²) in [5, 5.41) is 3.25. The zero-order chi connectivity index (χ0) is 10.6. The van der Waals surface area contributed by atoms with E-state index in [2.05, 4.69) is 31.1 Å². The lowest BCUT2D eigenvalue weighted by Gasteiger charge is -2.18. The lowest BCUT2D eigenvalue weighted by atomic mass is 9.92. The van der Waals surface area contributed by atoms with Gasteiger partial charge in [0.1, 0.15) is 11.6 Å². The van der Waals surface area contributed by atoms with Crippen LogP contribution in [0.15, 0.2) is 18.2 Å². The minimum Gasteiger partial charge on any atom is -0.384 e. The van der Waals surface area contributed by atoms with E-state index in [0.29, 0.717) is 11.2 Å². The van der Waals surface area contributed by atoms with Crippen molar-refractivity contribution in [3.8, 4) is 0 Å². The molecule has 1 aromatic heterocycles. The summed E-state index contributed by atoms with van der Waals surface area (Å²) >= 11 is 0. The van der Waals surface area contributed by atoms with Crippen molar-refractivity contribution in [2.45, 2.75) is 27.2 Å². The van der Waals surface area contributed by atoms with Crippen molar-refractivity contribution in [2.24, 2.45) is 5.41 Å². The van der Waals surface area contributed by atoms with Crippen LogP contribution in [0, 0.1) is 5.41 Å². The van der Waals surface area contributed by atoms with E-state index >= 15 is 0 Å². The summed E-state index contributed by atoms with van der Waals surface area (Å²) in [5.74, 6) is 1.42. The number of hydrogen-bond acceptors (Lipinski definition) is 3. The molecule has 0 saturated heterocycles. The smallest absolute Gasteiger partial charge is 0.128 e. The molecule has 78 valence electrons. The molecule has 1 heterocycles. The van der Waals surface area contributed by atoms with E-state index in [-0.39, 0.29) is 0 Å². The Morgan fingerprint density at radius 2 is 2.07 bits per heavy atom. The highest BCUT2D eigenvalue weighted by Crippen LogP contribution is 2.18. The van der Waals surface area contributed by atoms with Gasteiger partial charge in [-0.2, -0.15) is 0 Å². The predicted molar refractivity (Wildman–Crippen MR) is 61.2 cm³/mol. The van der Waals surface area contributed by atoms with Gasteiger partial charge in [0.05, 0.1) is 0 Å². The van der Waals surface area contributed by atoms with Gasteiger partial charge < -0.3 is 11.1 Å². The first-order chi connectivity index (χ1) is 6.47. The van der Waals surface area contributed by atoms with Crippen LogP contribution in [0.2, 0.25) is 0 Å². The Hall–Kier alpha value is -1.25. The van der Waals surface area contributed by atoms with E-state index in [4.69, 9.17) is 5.73 Å². The molecular formula is C11H19N3. The van der Waals surface area contributed by atoms with Crippen LogP contribution in [-0.2, 0) is 0 Å². The second kappa shape index (κ2) is 4.31. The first kappa shape index (κ1) is 10.8. The Bertz CT molecular complexity index is 289. The summed E-state index contributed by atoms with van der Waals surface area (Å²) in [6.07, 6.45) is 1.11. The quantitative estimate of drug-likeness (QED) is 0.775. The fraction of sp³-hybridized carbons (Fsp3) is 0.545. The van der Waals surface area contributed by atoms with Crippen molar-refractivity contribution in [2.75, 3.05) is 17.6 Å². The van der Waals surface area contributed by atoms with Gasteiger partial charge in [-0.1, -0.05) is 26.8 Å². The van der Waals surface area contributed by atoms with Gasteiger partial charge in [-0.3, -0.25) is 0 Å². The number of anilines is 2. The summed E-state index contributed by atoms with van der Waals surface area (Å²) in [6, 6.07) is 5.62. The van der Waals surface area contributed by atoms with E-state index < -0.39 is 0 Å². The average molecular weight is 193 g/mol. The van der Waals surface area contributed by atoms with E-state index in [0.717, 1.165) is 18.8 Å². The molecule has 3 nitrogen and oxygen atoms in total. The zero-order valence-corrected chi connectivity index (χ0v) is 9.17. The number of nitrogens with one attached hydrogen (secondary N) is 1. The summed E-state index contributed by atoms with van der Waals surface area (Å²) in [5.41, 5.74) is 5.92. The van der Waals surface area contributed by atoms with E-state index in [1.54, 1.807) is 6.07 Å². The van der Waals surface area contributed by atoms with Gasteiger partial charge in [0.25, 0.3) is 0 Å². The predicted octanol–water partition coefficient (Wildman–Crippen LogP) is 2.51. The number of aromatic nitrogens is 1. The third-order valence-corrected chi connectivity index (χ3v) is 1.95. The Morgan fingerprint density at radius 1 is 1.36 bits per heavy atom. The maximum atomic E-state index is 5.57. The van der Waals surface area contributed by atoms with Crippen molar-refractivity contribution in [3.63, 3.8) is 0 Å². The van der Waals surface area contributed by atoms with Crippen molar-refractivity contribution >= 4 is 11.6 Å².